The molecule has 1 aromatic carbocycles. The van der Waals surface area contributed by atoms with Gasteiger partial charge in [0, 0.05) is 10.3 Å². The van der Waals surface area contributed by atoms with E-state index < -0.39 is 11.9 Å². The quantitative estimate of drug-likeness (QED) is 0.696. The van der Waals surface area contributed by atoms with Crippen LogP contribution in [0.1, 0.15) is 24.8 Å². The molecule has 1 fully saturated rings. The Bertz CT molecular complexity index is 703. The lowest BCUT2D eigenvalue weighted by Crippen LogP contribution is -2.34. The maximum Gasteiger partial charge on any atom is 0.414 e. The zero-order valence-electron chi connectivity index (χ0n) is 12.6. The van der Waals surface area contributed by atoms with E-state index >= 15 is 0 Å². The molecule has 0 spiro atoms. The van der Waals surface area contributed by atoms with Gasteiger partial charge in [0.1, 0.15) is 5.82 Å². The van der Waals surface area contributed by atoms with E-state index in [1.165, 1.54) is 5.39 Å². The Morgan fingerprint density at radius 1 is 1.26 bits per heavy atom. The second-order valence-electron chi connectivity index (χ2n) is 5.49. The van der Waals surface area contributed by atoms with Gasteiger partial charge in [0.15, 0.2) is 0 Å². The highest BCUT2D eigenvalue weighted by Gasteiger charge is 2.27. The Balaban J connectivity index is 0.000000277. The Labute approximate surface area is 136 Å². The van der Waals surface area contributed by atoms with Crippen LogP contribution in [0.15, 0.2) is 23.6 Å². The molecule has 0 unspecified atom stereocenters. The molecular weight excluding hydrogens is 321 g/mol. The third-order valence-corrected chi connectivity index (χ3v) is 4.91. The van der Waals surface area contributed by atoms with Crippen molar-refractivity contribution in [2.75, 3.05) is 13.1 Å². The molecular formula is C16H18FNO4S. The number of piperidine rings is 1. The van der Waals surface area contributed by atoms with Gasteiger partial charge in [-0.1, -0.05) is 13.0 Å². The molecule has 7 heteroatoms. The topological polar surface area (TPSA) is 86.6 Å². The summed E-state index contributed by atoms with van der Waals surface area (Å²) in [6, 6.07) is 5.59. The summed E-state index contributed by atoms with van der Waals surface area (Å²) < 4.78 is 15.3. The van der Waals surface area contributed by atoms with E-state index in [4.69, 9.17) is 19.8 Å². The van der Waals surface area contributed by atoms with Crippen LogP contribution in [-0.2, 0) is 9.59 Å². The Morgan fingerprint density at radius 3 is 2.57 bits per heavy atom. The van der Waals surface area contributed by atoms with Crippen molar-refractivity contribution in [2.45, 2.75) is 19.3 Å². The van der Waals surface area contributed by atoms with Crippen molar-refractivity contribution in [1.82, 2.24) is 5.32 Å². The van der Waals surface area contributed by atoms with Crippen LogP contribution in [0.5, 0.6) is 0 Å². The van der Waals surface area contributed by atoms with Crippen LogP contribution in [0.3, 0.4) is 0 Å². The van der Waals surface area contributed by atoms with Gasteiger partial charge in [-0.2, -0.15) is 0 Å². The van der Waals surface area contributed by atoms with Gasteiger partial charge in [0.25, 0.3) is 0 Å². The Hall–Kier alpha value is -1.99. The molecule has 5 nitrogen and oxygen atoms in total. The molecule has 1 aromatic heterocycles. The van der Waals surface area contributed by atoms with E-state index in [2.05, 4.69) is 23.7 Å². The zero-order valence-corrected chi connectivity index (χ0v) is 13.4. The second kappa shape index (κ2) is 7.52. The summed E-state index contributed by atoms with van der Waals surface area (Å²) in [5.41, 5.74) is 0.950. The first-order chi connectivity index (χ1) is 10.9. The first-order valence-electron chi connectivity index (χ1n) is 7.24. The molecule has 124 valence electrons. The van der Waals surface area contributed by atoms with Crippen LogP contribution in [0, 0.1) is 11.7 Å². The van der Waals surface area contributed by atoms with Gasteiger partial charge in [0.05, 0.1) is 0 Å². The second-order valence-corrected chi connectivity index (χ2v) is 6.40. The van der Waals surface area contributed by atoms with Crippen LogP contribution in [0.4, 0.5) is 4.39 Å². The van der Waals surface area contributed by atoms with E-state index in [1.54, 1.807) is 17.4 Å². The molecule has 2 atom stereocenters. The Morgan fingerprint density at radius 2 is 1.96 bits per heavy atom. The van der Waals surface area contributed by atoms with Crippen molar-refractivity contribution < 1.29 is 24.2 Å². The molecule has 3 N–H and O–H groups in total. The number of rotatable bonds is 1. The highest BCUT2D eigenvalue weighted by Crippen LogP contribution is 2.38. The number of hydrogen-bond acceptors (Lipinski definition) is 4. The number of thiophene rings is 1. The molecule has 3 rings (SSSR count). The number of carboxylic acid groups (broad SMARTS) is 2. The maximum absolute atomic E-state index is 14.1. The van der Waals surface area contributed by atoms with Gasteiger partial charge in [-0.05, 0) is 54.2 Å². The van der Waals surface area contributed by atoms with Crippen molar-refractivity contribution in [1.29, 1.82) is 0 Å². The summed E-state index contributed by atoms with van der Waals surface area (Å²) in [5.74, 6) is -2.81. The minimum absolute atomic E-state index is 0.0290. The SMILES string of the molecule is C[C@H]1CNCC[C@H]1c1c(F)ccc2ccsc12.O=C(O)C(=O)O. The third kappa shape index (κ3) is 4.05. The van der Waals surface area contributed by atoms with Gasteiger partial charge >= 0.3 is 11.9 Å². The lowest BCUT2D eigenvalue weighted by atomic mass is 9.82. The number of hydrogen-bond donors (Lipinski definition) is 3. The molecule has 2 aromatic rings. The van der Waals surface area contributed by atoms with Crippen molar-refractivity contribution in [3.63, 3.8) is 0 Å². The summed E-state index contributed by atoms with van der Waals surface area (Å²) in [4.78, 5) is 18.2. The van der Waals surface area contributed by atoms with Crippen molar-refractivity contribution in [3.05, 3.63) is 35.0 Å². The summed E-state index contributed by atoms with van der Waals surface area (Å²) in [6.07, 6.45) is 1.04. The van der Waals surface area contributed by atoms with Crippen LogP contribution in [0.2, 0.25) is 0 Å². The number of nitrogens with one attached hydrogen (secondary N) is 1. The molecule has 23 heavy (non-hydrogen) atoms. The van der Waals surface area contributed by atoms with E-state index in [1.807, 2.05) is 6.07 Å². The minimum Gasteiger partial charge on any atom is -0.473 e. The van der Waals surface area contributed by atoms with Gasteiger partial charge in [-0.25, -0.2) is 14.0 Å². The van der Waals surface area contributed by atoms with Gasteiger partial charge in [-0.15, -0.1) is 11.3 Å². The average Bonchev–Trinajstić information content (AvgIpc) is 2.97. The lowest BCUT2D eigenvalue weighted by molar-refractivity contribution is -0.159. The van der Waals surface area contributed by atoms with Crippen molar-refractivity contribution >= 4 is 33.4 Å². The van der Waals surface area contributed by atoms with Gasteiger partial charge in [0.2, 0.25) is 0 Å². The lowest BCUT2D eigenvalue weighted by Gasteiger charge is -2.30. The Kier molecular flexibility index (Phi) is 5.68. The molecule has 0 radical (unpaired) electrons. The van der Waals surface area contributed by atoms with Gasteiger partial charge in [-0.3, -0.25) is 0 Å². The predicted octanol–water partition coefficient (Wildman–Crippen LogP) is 2.91. The molecule has 0 amide bonds. The van der Waals surface area contributed by atoms with Crippen molar-refractivity contribution in [2.24, 2.45) is 5.92 Å². The fraction of sp³-hybridized carbons (Fsp3) is 0.375. The molecule has 0 saturated carbocycles. The zero-order chi connectivity index (χ0) is 17.0. The van der Waals surface area contributed by atoms with Gasteiger partial charge < -0.3 is 15.5 Å². The fourth-order valence-electron chi connectivity index (χ4n) is 2.82. The maximum atomic E-state index is 14.1. The minimum atomic E-state index is -1.82. The predicted molar refractivity (Wildman–Crippen MR) is 86.4 cm³/mol. The summed E-state index contributed by atoms with van der Waals surface area (Å²) >= 11 is 1.66. The van der Waals surface area contributed by atoms with Crippen LogP contribution in [0.25, 0.3) is 10.1 Å². The fourth-order valence-corrected chi connectivity index (χ4v) is 3.82. The van der Waals surface area contributed by atoms with E-state index in [-0.39, 0.29) is 5.82 Å². The molecule has 2 heterocycles. The first kappa shape index (κ1) is 17.4. The molecule has 0 bridgehead atoms. The van der Waals surface area contributed by atoms with Crippen LogP contribution < -0.4 is 5.32 Å². The molecule has 1 aliphatic rings. The monoisotopic (exact) mass is 339 g/mol. The average molecular weight is 339 g/mol. The number of fused-ring (bicyclic) bond motifs is 1. The largest absolute Gasteiger partial charge is 0.473 e. The number of carbonyl (C=O) groups is 2. The van der Waals surface area contributed by atoms with E-state index in [9.17, 15) is 4.39 Å². The van der Waals surface area contributed by atoms with E-state index in [0.717, 1.165) is 29.8 Å². The van der Waals surface area contributed by atoms with E-state index in [0.29, 0.717) is 11.8 Å². The molecule has 1 saturated heterocycles. The normalized spacial score (nSPS) is 20.6. The summed E-state index contributed by atoms with van der Waals surface area (Å²) in [7, 11) is 0. The number of benzene rings is 1. The summed E-state index contributed by atoms with van der Waals surface area (Å²) in [5, 5.41) is 21.4. The molecule has 0 aliphatic carbocycles. The number of halogens is 1. The van der Waals surface area contributed by atoms with Crippen LogP contribution in [-0.4, -0.2) is 35.2 Å². The van der Waals surface area contributed by atoms with Crippen molar-refractivity contribution in [3.8, 4) is 0 Å². The summed E-state index contributed by atoms with van der Waals surface area (Å²) in [6.45, 7) is 4.20. The highest BCUT2D eigenvalue weighted by molar-refractivity contribution is 7.17. The van der Waals surface area contributed by atoms with Crippen LogP contribution >= 0.6 is 11.3 Å². The molecule has 1 aliphatic heterocycles. The number of carboxylic acids is 2. The smallest absolute Gasteiger partial charge is 0.414 e. The third-order valence-electron chi connectivity index (χ3n) is 3.95. The number of aliphatic carboxylic acids is 2. The first-order valence-corrected chi connectivity index (χ1v) is 8.12. The highest BCUT2D eigenvalue weighted by atomic mass is 32.1. The standard InChI is InChI=1S/C14H16FNS.C2H2O4/c1-9-8-16-6-4-11(9)13-12(15)3-2-10-5-7-17-14(10)13;3-1(4)2(5)6/h2-3,5,7,9,11,16H,4,6,8H2,1H3;(H,3,4)(H,5,6)/t9-,11+;/m0./s1.